The summed E-state index contributed by atoms with van der Waals surface area (Å²) < 4.78 is 5.53. The van der Waals surface area contributed by atoms with Crippen LogP contribution in [-0.2, 0) is 9.53 Å². The normalized spacial score (nSPS) is 30.6. The van der Waals surface area contributed by atoms with Crippen molar-refractivity contribution < 1.29 is 9.53 Å². The Morgan fingerprint density at radius 3 is 3.00 bits per heavy atom. The first-order chi connectivity index (χ1) is 8.18. The van der Waals surface area contributed by atoms with E-state index in [1.54, 1.807) is 0 Å². The Morgan fingerprint density at radius 1 is 1.53 bits per heavy atom. The molecular formula is C12H22N2O2S. The second kappa shape index (κ2) is 6.07. The second-order valence-corrected chi connectivity index (χ2v) is 6.35. The molecule has 2 atom stereocenters. The lowest BCUT2D eigenvalue weighted by molar-refractivity contribution is -0.145. The molecule has 17 heavy (non-hydrogen) atoms. The number of nitrogens with zero attached hydrogens (tertiary/aromatic N) is 1. The van der Waals surface area contributed by atoms with Gasteiger partial charge >= 0.3 is 0 Å². The Morgan fingerprint density at radius 2 is 2.35 bits per heavy atom. The van der Waals surface area contributed by atoms with Gasteiger partial charge in [0.05, 0.1) is 6.61 Å². The molecule has 2 fully saturated rings. The highest BCUT2D eigenvalue weighted by atomic mass is 32.2. The van der Waals surface area contributed by atoms with Crippen molar-refractivity contribution in [2.45, 2.75) is 25.2 Å². The van der Waals surface area contributed by atoms with Crippen LogP contribution in [0.2, 0.25) is 0 Å². The van der Waals surface area contributed by atoms with Gasteiger partial charge in [-0.2, -0.15) is 11.8 Å². The molecular weight excluding hydrogens is 236 g/mol. The van der Waals surface area contributed by atoms with Crippen LogP contribution in [0.1, 0.15) is 13.8 Å². The van der Waals surface area contributed by atoms with E-state index in [9.17, 15) is 4.79 Å². The molecule has 98 valence electrons. The third-order valence-corrected chi connectivity index (χ3v) is 4.89. The van der Waals surface area contributed by atoms with E-state index in [-0.39, 0.29) is 12.0 Å². The molecule has 1 amide bonds. The average molecular weight is 258 g/mol. The first kappa shape index (κ1) is 13.2. The van der Waals surface area contributed by atoms with Gasteiger partial charge < -0.3 is 15.0 Å². The molecule has 2 saturated heterocycles. The molecule has 2 rings (SSSR count). The van der Waals surface area contributed by atoms with E-state index >= 15 is 0 Å². The number of hydrogen-bond donors (Lipinski definition) is 1. The van der Waals surface area contributed by atoms with Crippen molar-refractivity contribution in [1.29, 1.82) is 0 Å². The van der Waals surface area contributed by atoms with Gasteiger partial charge in [0.15, 0.2) is 0 Å². The molecule has 0 aliphatic carbocycles. The maximum atomic E-state index is 12.3. The molecule has 4 nitrogen and oxygen atoms in total. The van der Waals surface area contributed by atoms with Crippen molar-refractivity contribution in [1.82, 2.24) is 10.2 Å². The molecule has 1 N–H and O–H groups in total. The summed E-state index contributed by atoms with van der Waals surface area (Å²) in [6.07, 6.45) is -0.264. The molecule has 2 heterocycles. The molecule has 2 aliphatic heterocycles. The van der Waals surface area contributed by atoms with E-state index in [1.807, 2.05) is 16.7 Å². The fraction of sp³-hybridized carbons (Fsp3) is 0.917. The molecule has 2 unspecified atom stereocenters. The molecule has 0 spiro atoms. The van der Waals surface area contributed by atoms with Crippen LogP contribution in [0.5, 0.6) is 0 Å². The number of morpholine rings is 1. The molecule has 0 saturated carbocycles. The minimum atomic E-state index is -0.264. The first-order valence-corrected chi connectivity index (χ1v) is 7.46. The summed E-state index contributed by atoms with van der Waals surface area (Å²) in [7, 11) is 0. The summed E-state index contributed by atoms with van der Waals surface area (Å²) >= 11 is 1.99. The lowest BCUT2D eigenvalue weighted by Gasteiger charge is -2.37. The van der Waals surface area contributed by atoms with Gasteiger partial charge in [0.2, 0.25) is 0 Å². The zero-order valence-electron chi connectivity index (χ0n) is 10.6. The number of hydrogen-bond acceptors (Lipinski definition) is 4. The predicted octanol–water partition coefficient (Wildman–Crippen LogP) is 0.575. The SMILES string of the molecule is CC(C)C1CN(C(=O)C2CNCCO2)CCS1. The first-order valence-electron chi connectivity index (χ1n) is 6.41. The second-order valence-electron chi connectivity index (χ2n) is 5.00. The summed E-state index contributed by atoms with van der Waals surface area (Å²) in [6, 6.07) is 0. The van der Waals surface area contributed by atoms with Crippen LogP contribution in [0, 0.1) is 5.92 Å². The number of carbonyl (C=O) groups excluding carboxylic acids is 1. The van der Waals surface area contributed by atoms with Crippen LogP contribution in [-0.4, -0.2) is 60.7 Å². The van der Waals surface area contributed by atoms with E-state index in [1.165, 1.54) is 0 Å². The standard InChI is InChI=1S/C12H22N2O2S/c1-9(2)11-8-14(4-6-17-11)12(15)10-7-13-3-5-16-10/h9-11,13H,3-8H2,1-2H3. The zero-order chi connectivity index (χ0) is 12.3. The van der Waals surface area contributed by atoms with Gasteiger partial charge in [-0.15, -0.1) is 0 Å². The smallest absolute Gasteiger partial charge is 0.253 e. The van der Waals surface area contributed by atoms with Crippen molar-refractivity contribution >= 4 is 17.7 Å². The van der Waals surface area contributed by atoms with Crippen molar-refractivity contribution in [3.8, 4) is 0 Å². The van der Waals surface area contributed by atoms with Gasteiger partial charge in [-0.05, 0) is 5.92 Å². The van der Waals surface area contributed by atoms with Gasteiger partial charge in [0.1, 0.15) is 6.10 Å². The van der Waals surface area contributed by atoms with Gasteiger partial charge in [-0.1, -0.05) is 13.8 Å². The largest absolute Gasteiger partial charge is 0.366 e. The molecule has 0 aromatic rings. The van der Waals surface area contributed by atoms with Crippen molar-refractivity contribution in [2.24, 2.45) is 5.92 Å². The van der Waals surface area contributed by atoms with Crippen molar-refractivity contribution in [2.75, 3.05) is 38.5 Å². The van der Waals surface area contributed by atoms with E-state index < -0.39 is 0 Å². The Hall–Kier alpha value is -0.260. The third-order valence-electron chi connectivity index (χ3n) is 3.35. The fourth-order valence-corrected chi connectivity index (χ4v) is 3.51. The summed E-state index contributed by atoms with van der Waals surface area (Å²) in [4.78, 5) is 14.3. The molecule has 2 aliphatic rings. The van der Waals surface area contributed by atoms with Gasteiger partial charge in [-0.3, -0.25) is 4.79 Å². The lowest BCUT2D eigenvalue weighted by Crippen LogP contribution is -2.53. The van der Waals surface area contributed by atoms with Crippen LogP contribution in [0.25, 0.3) is 0 Å². The van der Waals surface area contributed by atoms with Crippen molar-refractivity contribution in [3.63, 3.8) is 0 Å². The highest BCUT2D eigenvalue weighted by molar-refractivity contribution is 8.00. The van der Waals surface area contributed by atoms with Crippen LogP contribution >= 0.6 is 11.8 Å². The maximum Gasteiger partial charge on any atom is 0.253 e. The Balaban J connectivity index is 1.89. The van der Waals surface area contributed by atoms with E-state index in [4.69, 9.17) is 4.74 Å². The summed E-state index contributed by atoms with van der Waals surface area (Å²) in [5.74, 6) is 1.85. The van der Waals surface area contributed by atoms with Crippen molar-refractivity contribution in [3.05, 3.63) is 0 Å². The van der Waals surface area contributed by atoms with E-state index in [0.29, 0.717) is 24.3 Å². The molecule has 0 aromatic carbocycles. The van der Waals surface area contributed by atoms with Gasteiger partial charge in [0, 0.05) is 37.2 Å². The molecule has 0 aromatic heterocycles. The quantitative estimate of drug-likeness (QED) is 0.786. The van der Waals surface area contributed by atoms with Crippen LogP contribution in [0.3, 0.4) is 0 Å². The number of nitrogens with one attached hydrogen (secondary N) is 1. The minimum Gasteiger partial charge on any atom is -0.366 e. The van der Waals surface area contributed by atoms with E-state index in [2.05, 4.69) is 19.2 Å². The summed E-state index contributed by atoms with van der Waals surface area (Å²) in [5.41, 5.74) is 0. The molecule has 0 radical (unpaired) electrons. The lowest BCUT2D eigenvalue weighted by atomic mass is 10.1. The molecule has 5 heteroatoms. The summed E-state index contributed by atoms with van der Waals surface area (Å²) in [5, 5.41) is 3.78. The van der Waals surface area contributed by atoms with Gasteiger partial charge in [0.25, 0.3) is 5.91 Å². The summed E-state index contributed by atoms with van der Waals surface area (Å²) in [6.45, 7) is 8.36. The van der Waals surface area contributed by atoms with Gasteiger partial charge in [-0.25, -0.2) is 0 Å². The Kier molecular flexibility index (Phi) is 4.70. The average Bonchev–Trinajstić information content (AvgIpc) is 2.39. The number of amides is 1. The number of carbonyl (C=O) groups is 1. The highest BCUT2D eigenvalue weighted by Gasteiger charge is 2.31. The Labute approximate surface area is 107 Å². The maximum absolute atomic E-state index is 12.3. The fourth-order valence-electron chi connectivity index (χ4n) is 2.21. The predicted molar refractivity (Wildman–Crippen MR) is 70.3 cm³/mol. The van der Waals surface area contributed by atoms with Crippen LogP contribution < -0.4 is 5.32 Å². The number of thioether (sulfide) groups is 1. The third kappa shape index (κ3) is 3.36. The van der Waals surface area contributed by atoms with Crippen LogP contribution in [0.4, 0.5) is 0 Å². The Bertz CT molecular complexity index is 267. The number of ether oxygens (including phenoxy) is 1. The molecule has 0 bridgehead atoms. The van der Waals surface area contributed by atoms with E-state index in [0.717, 1.165) is 25.4 Å². The minimum absolute atomic E-state index is 0.170. The highest BCUT2D eigenvalue weighted by Crippen LogP contribution is 2.25. The number of rotatable bonds is 2. The zero-order valence-corrected chi connectivity index (χ0v) is 11.5. The monoisotopic (exact) mass is 258 g/mol. The topological polar surface area (TPSA) is 41.6 Å². The van der Waals surface area contributed by atoms with Crippen LogP contribution in [0.15, 0.2) is 0 Å².